The average Bonchev–Trinajstić information content (AvgIpc) is 2.46. The van der Waals surface area contributed by atoms with Gasteiger partial charge in [0.25, 0.3) is 0 Å². The highest BCUT2D eigenvalue weighted by atomic mass is 35.5. The van der Waals surface area contributed by atoms with Crippen LogP contribution in [0.4, 0.5) is 0 Å². The van der Waals surface area contributed by atoms with Gasteiger partial charge in [0.05, 0.1) is 7.11 Å². The van der Waals surface area contributed by atoms with Crippen LogP contribution in [0.25, 0.3) is 0 Å². The van der Waals surface area contributed by atoms with Crippen molar-refractivity contribution in [2.75, 3.05) is 7.11 Å². The van der Waals surface area contributed by atoms with Crippen molar-refractivity contribution in [1.29, 1.82) is 0 Å². The van der Waals surface area contributed by atoms with Crippen LogP contribution in [0.2, 0.25) is 5.02 Å². The number of ketones is 1. The number of hydrogen-bond acceptors (Lipinski definition) is 4. The molecule has 0 aliphatic rings. The highest BCUT2D eigenvalue weighted by Gasteiger charge is 2.20. The van der Waals surface area contributed by atoms with Gasteiger partial charge < -0.3 is 4.74 Å². The van der Waals surface area contributed by atoms with Crippen molar-refractivity contribution in [3.8, 4) is 0 Å². The molecular weight excluding hydrogens is 196 g/mol. The Hall–Kier alpha value is -1.36. The van der Waals surface area contributed by atoms with Crippen LogP contribution in [0.15, 0.2) is 0 Å². The molecule has 0 saturated carbocycles. The third-order valence-corrected chi connectivity index (χ3v) is 1.80. The molecule has 0 spiro atoms. The number of methoxy groups -OCH3 is 1. The second kappa shape index (κ2) is 3.57. The van der Waals surface area contributed by atoms with Gasteiger partial charge in [0.15, 0.2) is 11.5 Å². The Morgan fingerprint density at radius 1 is 1.54 bits per heavy atom. The number of rotatable bonds is 2. The summed E-state index contributed by atoms with van der Waals surface area (Å²) >= 11 is 5.68. The molecule has 0 amide bonds. The second-order valence-electron chi connectivity index (χ2n) is 2.31. The predicted octanol–water partition coefficient (Wildman–Crippen LogP) is 1.05. The number of aromatic nitrogens is 2. The minimum atomic E-state index is -0.648. The molecule has 70 valence electrons. The zero-order valence-corrected chi connectivity index (χ0v) is 7.81. The zero-order chi connectivity index (χ0) is 10.0. The van der Waals surface area contributed by atoms with Crippen LogP contribution in [0.1, 0.15) is 27.9 Å². The molecule has 1 aromatic rings. The molecule has 0 aliphatic carbocycles. The summed E-state index contributed by atoms with van der Waals surface area (Å²) in [6.07, 6.45) is 0. The van der Waals surface area contributed by atoms with Crippen LogP contribution in [-0.2, 0) is 4.74 Å². The van der Waals surface area contributed by atoms with Crippen molar-refractivity contribution in [1.82, 2.24) is 10.2 Å². The molecule has 1 rings (SSSR count). The van der Waals surface area contributed by atoms with E-state index >= 15 is 0 Å². The molecule has 0 saturated heterocycles. The Kier molecular flexibility index (Phi) is 2.67. The van der Waals surface area contributed by atoms with Gasteiger partial charge in [0, 0.05) is 6.92 Å². The normalized spacial score (nSPS) is 9.77. The summed E-state index contributed by atoms with van der Waals surface area (Å²) in [5.41, 5.74) is 0.0384. The summed E-state index contributed by atoms with van der Waals surface area (Å²) < 4.78 is 4.40. The number of nitrogens with zero attached hydrogens (tertiary/aromatic N) is 1. The van der Waals surface area contributed by atoms with Gasteiger partial charge in [0.1, 0.15) is 10.7 Å². The second-order valence-corrected chi connectivity index (χ2v) is 2.69. The third kappa shape index (κ3) is 1.70. The van der Waals surface area contributed by atoms with Crippen molar-refractivity contribution in [2.24, 2.45) is 0 Å². The maximum atomic E-state index is 11.0. The fourth-order valence-electron chi connectivity index (χ4n) is 0.799. The largest absolute Gasteiger partial charge is 0.464 e. The van der Waals surface area contributed by atoms with Gasteiger partial charge in [-0.25, -0.2) is 4.79 Å². The Morgan fingerprint density at radius 2 is 2.15 bits per heavy atom. The number of hydrogen-bond donors (Lipinski definition) is 1. The molecule has 0 aromatic carbocycles. The zero-order valence-electron chi connectivity index (χ0n) is 7.05. The van der Waals surface area contributed by atoms with E-state index in [0.29, 0.717) is 0 Å². The molecule has 13 heavy (non-hydrogen) atoms. The molecule has 1 N–H and O–H groups in total. The SMILES string of the molecule is COC(=O)c1[nH]nc(C(C)=O)c1Cl. The number of H-pyrrole nitrogens is 1. The average molecular weight is 203 g/mol. The predicted molar refractivity (Wildman–Crippen MR) is 44.9 cm³/mol. The molecule has 0 radical (unpaired) electrons. The molecule has 1 heterocycles. The van der Waals surface area contributed by atoms with Crippen LogP contribution in [0, 0.1) is 0 Å². The topological polar surface area (TPSA) is 72.1 Å². The summed E-state index contributed by atoms with van der Waals surface area (Å²) in [5, 5.41) is 5.91. The number of halogens is 1. The van der Waals surface area contributed by atoms with E-state index in [4.69, 9.17) is 11.6 Å². The molecule has 0 aliphatic heterocycles. The Labute approximate surface area is 79.0 Å². The first-order valence-electron chi connectivity index (χ1n) is 3.41. The lowest BCUT2D eigenvalue weighted by Gasteiger charge is -1.93. The fraction of sp³-hybridized carbons (Fsp3) is 0.286. The van der Waals surface area contributed by atoms with E-state index in [2.05, 4.69) is 14.9 Å². The van der Waals surface area contributed by atoms with E-state index in [1.807, 2.05) is 0 Å². The molecule has 0 atom stereocenters. The number of nitrogens with one attached hydrogen (secondary N) is 1. The van der Waals surface area contributed by atoms with Gasteiger partial charge in [-0.05, 0) is 0 Å². The van der Waals surface area contributed by atoms with Crippen molar-refractivity contribution in [3.05, 3.63) is 16.4 Å². The maximum absolute atomic E-state index is 11.0. The third-order valence-electron chi connectivity index (χ3n) is 1.43. The van der Waals surface area contributed by atoms with Crippen LogP contribution >= 0.6 is 11.6 Å². The first-order valence-corrected chi connectivity index (χ1v) is 3.78. The molecule has 5 nitrogen and oxygen atoms in total. The van der Waals surface area contributed by atoms with Gasteiger partial charge in [-0.3, -0.25) is 9.89 Å². The number of carbonyl (C=O) groups excluding carboxylic acids is 2. The lowest BCUT2D eigenvalue weighted by Crippen LogP contribution is -2.02. The van der Waals surface area contributed by atoms with E-state index < -0.39 is 5.97 Å². The summed E-state index contributed by atoms with van der Waals surface area (Å²) in [6, 6.07) is 0. The van der Waals surface area contributed by atoms with E-state index in [-0.39, 0.29) is 22.2 Å². The number of aromatic amines is 1. The van der Waals surface area contributed by atoms with Gasteiger partial charge in [-0.15, -0.1) is 0 Å². The van der Waals surface area contributed by atoms with Gasteiger partial charge in [-0.1, -0.05) is 11.6 Å². The first-order chi connectivity index (χ1) is 6.07. The molecule has 0 fully saturated rings. The van der Waals surface area contributed by atoms with Gasteiger partial charge in [0.2, 0.25) is 0 Å². The first kappa shape index (κ1) is 9.73. The van der Waals surface area contributed by atoms with E-state index in [1.54, 1.807) is 0 Å². The standard InChI is InChI=1S/C7H7ClN2O3/c1-3(11)5-4(8)6(10-9-5)7(12)13-2/h1-2H3,(H,9,10). The Balaban J connectivity index is 3.13. The number of Topliss-reactive ketones (excluding diaryl/α,β-unsaturated/α-hetero) is 1. The molecular formula is C7H7ClN2O3. The number of ether oxygens (including phenoxy) is 1. The minimum absolute atomic E-state index is 0.000602. The van der Waals surface area contributed by atoms with Crippen molar-refractivity contribution in [2.45, 2.75) is 6.92 Å². The van der Waals surface area contributed by atoms with Crippen LogP contribution in [0.5, 0.6) is 0 Å². The lowest BCUT2D eigenvalue weighted by molar-refractivity contribution is 0.0594. The maximum Gasteiger partial charge on any atom is 0.357 e. The highest BCUT2D eigenvalue weighted by Crippen LogP contribution is 2.18. The Morgan fingerprint density at radius 3 is 2.54 bits per heavy atom. The molecule has 0 bridgehead atoms. The van der Waals surface area contributed by atoms with Crippen LogP contribution in [-0.4, -0.2) is 29.1 Å². The quantitative estimate of drug-likeness (QED) is 0.575. The number of carbonyl (C=O) groups is 2. The lowest BCUT2D eigenvalue weighted by atomic mass is 10.3. The summed E-state index contributed by atoms with van der Waals surface area (Å²) in [4.78, 5) is 21.9. The molecule has 0 unspecified atom stereocenters. The van der Waals surface area contributed by atoms with Gasteiger partial charge >= 0.3 is 5.97 Å². The van der Waals surface area contributed by atoms with E-state index in [1.165, 1.54) is 14.0 Å². The fourth-order valence-corrected chi connectivity index (χ4v) is 1.09. The Bertz CT molecular complexity index is 359. The van der Waals surface area contributed by atoms with Crippen LogP contribution < -0.4 is 0 Å². The summed E-state index contributed by atoms with van der Waals surface area (Å²) in [6.45, 7) is 1.31. The molecule has 6 heteroatoms. The van der Waals surface area contributed by atoms with Crippen molar-refractivity contribution >= 4 is 23.4 Å². The van der Waals surface area contributed by atoms with E-state index in [9.17, 15) is 9.59 Å². The summed E-state index contributed by atoms with van der Waals surface area (Å²) in [5.74, 6) is -0.957. The summed E-state index contributed by atoms with van der Waals surface area (Å²) in [7, 11) is 1.22. The van der Waals surface area contributed by atoms with Crippen LogP contribution in [0.3, 0.4) is 0 Å². The monoisotopic (exact) mass is 202 g/mol. The number of esters is 1. The van der Waals surface area contributed by atoms with Crippen molar-refractivity contribution < 1.29 is 14.3 Å². The van der Waals surface area contributed by atoms with E-state index in [0.717, 1.165) is 0 Å². The smallest absolute Gasteiger partial charge is 0.357 e. The van der Waals surface area contributed by atoms with Crippen molar-refractivity contribution in [3.63, 3.8) is 0 Å². The molecule has 1 aromatic heterocycles. The highest BCUT2D eigenvalue weighted by molar-refractivity contribution is 6.36. The van der Waals surface area contributed by atoms with Gasteiger partial charge in [-0.2, -0.15) is 5.10 Å². The minimum Gasteiger partial charge on any atom is -0.464 e.